The Morgan fingerprint density at radius 1 is 1.44 bits per heavy atom. The molecule has 0 bridgehead atoms. The van der Waals surface area contributed by atoms with Crippen LogP contribution in [0.3, 0.4) is 0 Å². The normalized spacial score (nSPS) is 18.8. The van der Waals surface area contributed by atoms with E-state index < -0.39 is 0 Å². The summed E-state index contributed by atoms with van der Waals surface area (Å²) in [6.45, 7) is 5.89. The third-order valence-electron chi connectivity index (χ3n) is 2.11. The maximum absolute atomic E-state index is 11.6. The first-order valence-electron chi connectivity index (χ1n) is 5.02. The second kappa shape index (κ2) is 3.87. The van der Waals surface area contributed by atoms with Crippen molar-refractivity contribution in [1.82, 2.24) is 0 Å². The van der Waals surface area contributed by atoms with Crippen molar-refractivity contribution in [3.05, 3.63) is 28.1 Å². The first-order chi connectivity index (χ1) is 7.47. The molecule has 0 amide bonds. The summed E-state index contributed by atoms with van der Waals surface area (Å²) in [6, 6.07) is 1.94. The van der Waals surface area contributed by atoms with Crippen LogP contribution in [-0.4, -0.2) is 11.9 Å². The molecular formula is C12H13NO2S. The van der Waals surface area contributed by atoms with Crippen molar-refractivity contribution in [1.29, 1.82) is 0 Å². The lowest BCUT2D eigenvalue weighted by Crippen LogP contribution is -2.21. The summed E-state index contributed by atoms with van der Waals surface area (Å²) in [6.07, 6.45) is 1.75. The van der Waals surface area contributed by atoms with Crippen LogP contribution < -0.4 is 0 Å². The van der Waals surface area contributed by atoms with E-state index in [1.54, 1.807) is 17.4 Å². The van der Waals surface area contributed by atoms with Crippen LogP contribution in [0.15, 0.2) is 27.5 Å². The fourth-order valence-corrected chi connectivity index (χ4v) is 1.86. The van der Waals surface area contributed by atoms with Crippen LogP contribution in [0, 0.1) is 5.41 Å². The van der Waals surface area contributed by atoms with E-state index in [1.165, 1.54) is 0 Å². The van der Waals surface area contributed by atoms with Gasteiger partial charge < -0.3 is 4.74 Å². The second-order valence-electron chi connectivity index (χ2n) is 4.64. The third-order valence-corrected chi connectivity index (χ3v) is 2.81. The first kappa shape index (κ1) is 11.1. The van der Waals surface area contributed by atoms with E-state index in [0.717, 1.165) is 5.56 Å². The highest BCUT2D eigenvalue weighted by molar-refractivity contribution is 7.08. The summed E-state index contributed by atoms with van der Waals surface area (Å²) < 4.78 is 5.13. The minimum atomic E-state index is -0.365. The Bertz CT molecular complexity index is 464. The molecule has 1 aliphatic rings. The molecule has 0 radical (unpaired) electrons. The average molecular weight is 235 g/mol. The van der Waals surface area contributed by atoms with Crippen molar-refractivity contribution >= 4 is 29.3 Å². The van der Waals surface area contributed by atoms with Crippen LogP contribution in [0.5, 0.6) is 0 Å². The number of nitrogens with zero attached hydrogens (tertiary/aromatic N) is 1. The number of cyclic esters (lactones) is 1. The average Bonchev–Trinajstić information content (AvgIpc) is 2.76. The van der Waals surface area contributed by atoms with Crippen molar-refractivity contribution < 1.29 is 9.53 Å². The molecule has 0 spiro atoms. The molecule has 2 rings (SSSR count). The molecule has 0 saturated carbocycles. The Morgan fingerprint density at radius 3 is 2.69 bits per heavy atom. The summed E-state index contributed by atoms with van der Waals surface area (Å²) in [5, 5.41) is 3.92. The highest BCUT2D eigenvalue weighted by Crippen LogP contribution is 2.25. The number of hydrogen-bond donors (Lipinski definition) is 0. The van der Waals surface area contributed by atoms with E-state index in [2.05, 4.69) is 4.99 Å². The van der Waals surface area contributed by atoms with Crippen LogP contribution in [0.25, 0.3) is 6.08 Å². The van der Waals surface area contributed by atoms with Crippen LogP contribution in [0.2, 0.25) is 0 Å². The van der Waals surface area contributed by atoms with E-state index in [0.29, 0.717) is 11.6 Å². The lowest BCUT2D eigenvalue weighted by molar-refractivity contribution is -0.130. The van der Waals surface area contributed by atoms with Gasteiger partial charge in [-0.2, -0.15) is 11.3 Å². The molecule has 2 heterocycles. The molecule has 0 aliphatic carbocycles. The number of carbonyl (C=O) groups is 1. The van der Waals surface area contributed by atoms with Gasteiger partial charge in [0.2, 0.25) is 5.90 Å². The number of esters is 1. The number of hydrogen-bond acceptors (Lipinski definition) is 4. The van der Waals surface area contributed by atoms with Crippen molar-refractivity contribution in [2.45, 2.75) is 20.8 Å². The molecule has 0 N–H and O–H groups in total. The van der Waals surface area contributed by atoms with E-state index >= 15 is 0 Å². The second-order valence-corrected chi connectivity index (χ2v) is 5.42. The number of thiophene rings is 1. The van der Waals surface area contributed by atoms with Gasteiger partial charge in [-0.25, -0.2) is 9.79 Å². The van der Waals surface area contributed by atoms with Crippen molar-refractivity contribution in [3.8, 4) is 0 Å². The number of rotatable bonds is 1. The summed E-state index contributed by atoms with van der Waals surface area (Å²) in [4.78, 5) is 15.8. The van der Waals surface area contributed by atoms with E-state index in [9.17, 15) is 4.79 Å². The van der Waals surface area contributed by atoms with Gasteiger partial charge in [0.1, 0.15) is 0 Å². The molecule has 1 aliphatic heterocycles. The minimum Gasteiger partial charge on any atom is -0.406 e. The number of ether oxygens (including phenoxy) is 1. The van der Waals surface area contributed by atoms with E-state index in [4.69, 9.17) is 4.74 Å². The molecule has 1 aromatic rings. The van der Waals surface area contributed by atoms with Gasteiger partial charge in [-0.05, 0) is 28.5 Å². The molecule has 0 atom stereocenters. The lowest BCUT2D eigenvalue weighted by Gasteiger charge is -2.15. The zero-order valence-electron chi connectivity index (χ0n) is 9.48. The molecule has 84 valence electrons. The molecular weight excluding hydrogens is 222 g/mol. The predicted octanol–water partition coefficient (Wildman–Crippen LogP) is 3.09. The standard InChI is InChI=1S/C12H13NO2S/c1-12(2,3)11-13-9(10(14)15-11)6-8-4-5-16-7-8/h4-7H,1-3H3/b9-6-. The molecule has 0 saturated heterocycles. The summed E-state index contributed by atoms with van der Waals surface area (Å²) in [7, 11) is 0. The number of carbonyl (C=O) groups excluding carboxylic acids is 1. The Hall–Kier alpha value is -1.42. The zero-order valence-corrected chi connectivity index (χ0v) is 10.3. The molecule has 0 unspecified atom stereocenters. The highest BCUT2D eigenvalue weighted by Gasteiger charge is 2.31. The van der Waals surface area contributed by atoms with Gasteiger partial charge in [0.15, 0.2) is 5.70 Å². The summed E-state index contributed by atoms with van der Waals surface area (Å²) in [5.74, 6) is 0.120. The monoisotopic (exact) mass is 235 g/mol. The summed E-state index contributed by atoms with van der Waals surface area (Å²) >= 11 is 1.59. The Kier molecular flexibility index (Phi) is 2.68. The molecule has 0 fully saturated rings. The number of aliphatic imine (C=N–C) groups is 1. The largest absolute Gasteiger partial charge is 0.406 e. The van der Waals surface area contributed by atoms with Crippen molar-refractivity contribution in [3.63, 3.8) is 0 Å². The zero-order chi connectivity index (χ0) is 11.8. The van der Waals surface area contributed by atoms with Gasteiger partial charge in [-0.3, -0.25) is 0 Å². The molecule has 4 heteroatoms. The highest BCUT2D eigenvalue weighted by atomic mass is 32.1. The van der Waals surface area contributed by atoms with Crippen LogP contribution in [0.4, 0.5) is 0 Å². The fraction of sp³-hybridized carbons (Fsp3) is 0.333. The smallest absolute Gasteiger partial charge is 0.363 e. The van der Waals surface area contributed by atoms with Gasteiger partial charge in [0, 0.05) is 5.41 Å². The summed E-state index contributed by atoms with van der Waals surface area (Å²) in [5.41, 5.74) is 1.12. The SMILES string of the molecule is CC(C)(C)C1=N/C(=C\c2ccsc2)C(=O)O1. The Labute approximate surface area is 98.5 Å². The quantitative estimate of drug-likeness (QED) is 0.554. The van der Waals surface area contributed by atoms with Gasteiger partial charge >= 0.3 is 5.97 Å². The minimum absolute atomic E-state index is 0.236. The fourth-order valence-electron chi connectivity index (χ4n) is 1.24. The Morgan fingerprint density at radius 2 is 2.19 bits per heavy atom. The first-order valence-corrected chi connectivity index (χ1v) is 5.96. The molecule has 1 aromatic heterocycles. The van der Waals surface area contributed by atoms with Gasteiger partial charge in [-0.1, -0.05) is 20.8 Å². The van der Waals surface area contributed by atoms with Crippen LogP contribution in [0.1, 0.15) is 26.3 Å². The topological polar surface area (TPSA) is 38.7 Å². The van der Waals surface area contributed by atoms with E-state index in [-0.39, 0.29) is 11.4 Å². The third kappa shape index (κ3) is 2.22. The van der Waals surface area contributed by atoms with Crippen LogP contribution in [-0.2, 0) is 9.53 Å². The molecule has 3 nitrogen and oxygen atoms in total. The van der Waals surface area contributed by atoms with Crippen molar-refractivity contribution in [2.24, 2.45) is 10.4 Å². The van der Waals surface area contributed by atoms with Crippen molar-refractivity contribution in [2.75, 3.05) is 0 Å². The maximum Gasteiger partial charge on any atom is 0.363 e. The lowest BCUT2D eigenvalue weighted by atomic mass is 9.97. The van der Waals surface area contributed by atoms with Gasteiger partial charge in [0.05, 0.1) is 0 Å². The predicted molar refractivity (Wildman–Crippen MR) is 65.3 cm³/mol. The van der Waals surface area contributed by atoms with Crippen LogP contribution >= 0.6 is 11.3 Å². The Balaban J connectivity index is 2.31. The molecule has 16 heavy (non-hydrogen) atoms. The van der Waals surface area contributed by atoms with Gasteiger partial charge in [0.25, 0.3) is 0 Å². The van der Waals surface area contributed by atoms with E-state index in [1.807, 2.05) is 37.6 Å². The van der Waals surface area contributed by atoms with Gasteiger partial charge in [-0.15, -0.1) is 0 Å². The maximum atomic E-state index is 11.6. The molecule has 0 aromatic carbocycles.